The molecule has 1 rings (SSSR count). The fraction of sp³-hybridized carbons (Fsp3) is 0.533. The number of nitrogens with one attached hydrogen (secondary N) is 1. The van der Waals surface area contributed by atoms with Gasteiger partial charge in [-0.05, 0) is 36.0 Å². The molecule has 0 spiro atoms. The summed E-state index contributed by atoms with van der Waals surface area (Å²) in [4.78, 5) is 11.5. The molecular formula is C15H23NO. The molecule has 0 aliphatic rings. The molecule has 0 fully saturated rings. The first-order valence-electron chi connectivity index (χ1n) is 6.25. The maximum atomic E-state index is 11.5. The van der Waals surface area contributed by atoms with Crippen molar-refractivity contribution in [1.29, 1.82) is 0 Å². The summed E-state index contributed by atoms with van der Waals surface area (Å²) < 4.78 is 0. The Kier molecular flexibility index (Phi) is 4.33. The van der Waals surface area contributed by atoms with E-state index in [0.717, 1.165) is 17.7 Å². The van der Waals surface area contributed by atoms with Crippen LogP contribution in [0.25, 0.3) is 0 Å². The first-order chi connectivity index (χ1) is 7.84. The number of aryl methyl sites for hydroxylation is 1. The van der Waals surface area contributed by atoms with Gasteiger partial charge in [0.05, 0.1) is 0 Å². The molecule has 0 aliphatic heterocycles. The van der Waals surface area contributed by atoms with Gasteiger partial charge in [0.25, 0.3) is 0 Å². The third kappa shape index (κ3) is 3.88. The van der Waals surface area contributed by atoms with Crippen LogP contribution in [0, 0.1) is 6.92 Å². The molecule has 0 heterocycles. The van der Waals surface area contributed by atoms with Gasteiger partial charge >= 0.3 is 0 Å². The Hall–Kier alpha value is -1.31. The summed E-state index contributed by atoms with van der Waals surface area (Å²) >= 11 is 0. The summed E-state index contributed by atoms with van der Waals surface area (Å²) in [6.07, 6.45) is 1.46. The fourth-order valence-electron chi connectivity index (χ4n) is 1.71. The van der Waals surface area contributed by atoms with Crippen molar-refractivity contribution < 1.29 is 4.79 Å². The highest BCUT2D eigenvalue weighted by Gasteiger charge is 2.14. The third-order valence-electron chi connectivity index (χ3n) is 2.84. The molecule has 0 atom stereocenters. The lowest BCUT2D eigenvalue weighted by Crippen LogP contribution is -2.14. The zero-order valence-corrected chi connectivity index (χ0v) is 11.6. The van der Waals surface area contributed by atoms with Crippen LogP contribution < -0.4 is 5.32 Å². The number of anilines is 1. The van der Waals surface area contributed by atoms with E-state index in [4.69, 9.17) is 0 Å². The van der Waals surface area contributed by atoms with E-state index in [1.165, 1.54) is 5.56 Å². The van der Waals surface area contributed by atoms with E-state index < -0.39 is 0 Å². The zero-order chi connectivity index (χ0) is 13.1. The lowest BCUT2D eigenvalue weighted by atomic mass is 9.86. The molecular weight excluding hydrogens is 210 g/mol. The van der Waals surface area contributed by atoms with Crippen molar-refractivity contribution in [2.75, 3.05) is 5.32 Å². The number of benzene rings is 1. The Balaban J connectivity index is 2.87. The number of carbonyl (C=O) groups is 1. The topological polar surface area (TPSA) is 29.1 Å². The lowest BCUT2D eigenvalue weighted by Gasteiger charge is -2.20. The van der Waals surface area contributed by atoms with Crippen molar-refractivity contribution in [1.82, 2.24) is 0 Å². The first kappa shape index (κ1) is 13.8. The SMILES string of the molecule is CCCC(=O)Nc1ccc(C(C)(C)C)cc1C. The average Bonchev–Trinajstić information content (AvgIpc) is 2.20. The van der Waals surface area contributed by atoms with E-state index in [1.807, 2.05) is 19.9 Å². The van der Waals surface area contributed by atoms with Gasteiger partial charge in [0.15, 0.2) is 0 Å². The summed E-state index contributed by atoms with van der Waals surface area (Å²) in [5, 5.41) is 2.95. The molecule has 17 heavy (non-hydrogen) atoms. The minimum atomic E-state index is 0.0964. The minimum Gasteiger partial charge on any atom is -0.326 e. The molecule has 2 heteroatoms. The maximum Gasteiger partial charge on any atom is 0.224 e. The number of rotatable bonds is 3. The second kappa shape index (κ2) is 5.35. The summed E-state index contributed by atoms with van der Waals surface area (Å²) in [7, 11) is 0. The summed E-state index contributed by atoms with van der Waals surface area (Å²) in [6, 6.07) is 6.25. The molecule has 1 aromatic carbocycles. The zero-order valence-electron chi connectivity index (χ0n) is 11.6. The summed E-state index contributed by atoms with van der Waals surface area (Å²) in [5.41, 5.74) is 3.50. The number of hydrogen-bond acceptors (Lipinski definition) is 1. The van der Waals surface area contributed by atoms with Gasteiger partial charge in [-0.25, -0.2) is 0 Å². The van der Waals surface area contributed by atoms with E-state index >= 15 is 0 Å². The van der Waals surface area contributed by atoms with Crippen molar-refractivity contribution in [3.05, 3.63) is 29.3 Å². The minimum absolute atomic E-state index is 0.0964. The Bertz CT molecular complexity index is 402. The lowest BCUT2D eigenvalue weighted by molar-refractivity contribution is -0.116. The van der Waals surface area contributed by atoms with Crippen LogP contribution in [0.1, 0.15) is 51.7 Å². The van der Waals surface area contributed by atoms with Crippen molar-refractivity contribution in [2.24, 2.45) is 0 Å². The average molecular weight is 233 g/mol. The van der Waals surface area contributed by atoms with Gasteiger partial charge in [-0.15, -0.1) is 0 Å². The highest BCUT2D eigenvalue weighted by Crippen LogP contribution is 2.26. The molecule has 94 valence electrons. The second-order valence-electron chi connectivity index (χ2n) is 5.58. The van der Waals surface area contributed by atoms with Crippen LogP contribution in [0.4, 0.5) is 5.69 Å². The van der Waals surface area contributed by atoms with Gasteiger partial charge in [0.1, 0.15) is 0 Å². The van der Waals surface area contributed by atoms with Crippen molar-refractivity contribution in [2.45, 2.75) is 52.9 Å². The molecule has 2 nitrogen and oxygen atoms in total. The molecule has 0 saturated heterocycles. The Morgan fingerprint density at radius 2 is 1.94 bits per heavy atom. The monoisotopic (exact) mass is 233 g/mol. The summed E-state index contributed by atoms with van der Waals surface area (Å²) in [6.45, 7) is 10.6. The van der Waals surface area contributed by atoms with Gasteiger partial charge in [-0.2, -0.15) is 0 Å². The number of amides is 1. The van der Waals surface area contributed by atoms with Crippen LogP contribution in [-0.2, 0) is 10.2 Å². The van der Waals surface area contributed by atoms with Crippen LogP contribution in [0.3, 0.4) is 0 Å². The van der Waals surface area contributed by atoms with Gasteiger partial charge in [-0.1, -0.05) is 39.8 Å². The molecule has 0 unspecified atom stereocenters. The van der Waals surface area contributed by atoms with E-state index in [9.17, 15) is 4.79 Å². The van der Waals surface area contributed by atoms with Crippen LogP contribution in [0.15, 0.2) is 18.2 Å². The highest BCUT2D eigenvalue weighted by atomic mass is 16.1. The van der Waals surface area contributed by atoms with Crippen LogP contribution in [0.5, 0.6) is 0 Å². The molecule has 1 aromatic rings. The van der Waals surface area contributed by atoms with E-state index in [1.54, 1.807) is 0 Å². The first-order valence-corrected chi connectivity index (χ1v) is 6.25. The van der Waals surface area contributed by atoms with Gasteiger partial charge in [0, 0.05) is 12.1 Å². The van der Waals surface area contributed by atoms with Gasteiger partial charge < -0.3 is 5.32 Å². The maximum absolute atomic E-state index is 11.5. The normalized spacial score (nSPS) is 11.4. The molecule has 0 radical (unpaired) electrons. The Morgan fingerprint density at radius 1 is 1.29 bits per heavy atom. The number of carbonyl (C=O) groups excluding carboxylic acids is 1. The predicted octanol–water partition coefficient (Wildman–Crippen LogP) is 4.03. The standard InChI is InChI=1S/C15H23NO/c1-6-7-14(17)16-13-9-8-12(10-11(13)2)15(3,4)5/h8-10H,6-7H2,1-5H3,(H,16,17). The predicted molar refractivity (Wildman–Crippen MR) is 73.4 cm³/mol. The molecule has 1 amide bonds. The third-order valence-corrected chi connectivity index (χ3v) is 2.84. The van der Waals surface area contributed by atoms with Crippen LogP contribution in [0.2, 0.25) is 0 Å². The van der Waals surface area contributed by atoms with Crippen LogP contribution >= 0.6 is 0 Å². The van der Waals surface area contributed by atoms with Crippen LogP contribution in [-0.4, -0.2) is 5.91 Å². The molecule has 0 aliphatic carbocycles. The number of hydrogen-bond donors (Lipinski definition) is 1. The Labute approximate surface area is 104 Å². The molecule has 1 N–H and O–H groups in total. The van der Waals surface area contributed by atoms with Crippen molar-refractivity contribution in [3.8, 4) is 0 Å². The molecule has 0 saturated carbocycles. The smallest absolute Gasteiger partial charge is 0.224 e. The second-order valence-corrected chi connectivity index (χ2v) is 5.58. The Morgan fingerprint density at radius 3 is 2.41 bits per heavy atom. The van der Waals surface area contributed by atoms with Gasteiger partial charge in [0.2, 0.25) is 5.91 Å². The molecule has 0 aromatic heterocycles. The molecule has 0 bridgehead atoms. The van der Waals surface area contributed by atoms with E-state index in [0.29, 0.717) is 6.42 Å². The van der Waals surface area contributed by atoms with Gasteiger partial charge in [-0.3, -0.25) is 4.79 Å². The fourth-order valence-corrected chi connectivity index (χ4v) is 1.71. The van der Waals surface area contributed by atoms with Crippen molar-refractivity contribution in [3.63, 3.8) is 0 Å². The largest absolute Gasteiger partial charge is 0.326 e. The summed E-state index contributed by atoms with van der Waals surface area (Å²) in [5.74, 6) is 0.0964. The van der Waals surface area contributed by atoms with E-state index in [-0.39, 0.29) is 11.3 Å². The van der Waals surface area contributed by atoms with E-state index in [2.05, 4.69) is 38.2 Å². The van der Waals surface area contributed by atoms with Crippen molar-refractivity contribution >= 4 is 11.6 Å². The highest BCUT2D eigenvalue weighted by molar-refractivity contribution is 5.91. The quantitative estimate of drug-likeness (QED) is 0.839.